The number of hydrogen-bond donors (Lipinski definition) is 1. The molecule has 2 rings (SSSR count). The molecule has 0 aliphatic heterocycles. The van der Waals surface area contributed by atoms with E-state index in [0.29, 0.717) is 4.47 Å². The van der Waals surface area contributed by atoms with Crippen LogP contribution in [0.1, 0.15) is 16.1 Å². The lowest BCUT2D eigenvalue weighted by molar-refractivity contribution is -0.0494. The molecular formula is C13H12BrF2N3O2. The summed E-state index contributed by atoms with van der Waals surface area (Å²) in [5.74, 6) is -0.615. The number of amides is 1. The van der Waals surface area contributed by atoms with Gasteiger partial charge in [-0.25, -0.2) is 0 Å². The zero-order chi connectivity index (χ0) is 15.6. The van der Waals surface area contributed by atoms with Crippen molar-refractivity contribution in [3.63, 3.8) is 0 Å². The van der Waals surface area contributed by atoms with Gasteiger partial charge in [0.1, 0.15) is 5.75 Å². The van der Waals surface area contributed by atoms with Gasteiger partial charge in [0.25, 0.3) is 5.91 Å². The standard InChI is InChI=1S/C13H12BrF2N3O2/c1-7-3-4-9(10(5-7)21-13(15)16)17-12(20)11-8(14)6-19(2)18-11/h3-6,13H,1-2H3,(H,17,20). The molecular weight excluding hydrogens is 348 g/mol. The van der Waals surface area contributed by atoms with E-state index in [0.717, 1.165) is 5.56 Å². The summed E-state index contributed by atoms with van der Waals surface area (Å²) in [6.45, 7) is -1.23. The van der Waals surface area contributed by atoms with Crippen molar-refractivity contribution in [1.82, 2.24) is 9.78 Å². The Bertz CT molecular complexity index is 673. The third-order valence-corrected chi connectivity index (χ3v) is 3.18. The van der Waals surface area contributed by atoms with Crippen molar-refractivity contribution < 1.29 is 18.3 Å². The van der Waals surface area contributed by atoms with Crippen molar-refractivity contribution in [3.05, 3.63) is 40.1 Å². The van der Waals surface area contributed by atoms with Gasteiger partial charge in [-0.1, -0.05) is 6.07 Å². The second-order valence-corrected chi connectivity index (χ2v) is 5.19. The summed E-state index contributed by atoms with van der Waals surface area (Å²) in [5, 5.41) is 6.49. The fourth-order valence-electron chi connectivity index (χ4n) is 1.72. The molecule has 2 aromatic rings. The number of halogens is 3. The van der Waals surface area contributed by atoms with Gasteiger partial charge in [-0.05, 0) is 40.5 Å². The summed E-state index contributed by atoms with van der Waals surface area (Å²) in [7, 11) is 1.67. The molecule has 1 N–H and O–H groups in total. The Morgan fingerprint density at radius 1 is 1.48 bits per heavy atom. The van der Waals surface area contributed by atoms with E-state index in [9.17, 15) is 13.6 Å². The van der Waals surface area contributed by atoms with Crippen molar-refractivity contribution in [2.24, 2.45) is 7.05 Å². The molecule has 1 heterocycles. The van der Waals surface area contributed by atoms with Crippen LogP contribution in [0.2, 0.25) is 0 Å². The molecule has 112 valence electrons. The van der Waals surface area contributed by atoms with Crippen molar-refractivity contribution >= 4 is 27.5 Å². The largest absolute Gasteiger partial charge is 0.433 e. The lowest BCUT2D eigenvalue weighted by atomic mass is 10.2. The van der Waals surface area contributed by atoms with Crippen LogP contribution in [-0.2, 0) is 7.05 Å². The third-order valence-electron chi connectivity index (χ3n) is 2.60. The minimum Gasteiger partial charge on any atom is -0.433 e. The number of carbonyl (C=O) groups excluding carboxylic acids is 1. The van der Waals surface area contributed by atoms with Crippen LogP contribution >= 0.6 is 15.9 Å². The van der Waals surface area contributed by atoms with Crippen molar-refractivity contribution in [1.29, 1.82) is 0 Å². The highest BCUT2D eigenvalue weighted by Crippen LogP contribution is 2.28. The first-order chi connectivity index (χ1) is 9.86. The number of carbonyl (C=O) groups is 1. The Balaban J connectivity index is 2.26. The second-order valence-electron chi connectivity index (χ2n) is 4.33. The number of nitrogens with one attached hydrogen (secondary N) is 1. The van der Waals surface area contributed by atoms with E-state index in [4.69, 9.17) is 0 Å². The Hall–Kier alpha value is -1.96. The highest BCUT2D eigenvalue weighted by molar-refractivity contribution is 9.10. The van der Waals surface area contributed by atoms with E-state index >= 15 is 0 Å². The SMILES string of the molecule is Cc1ccc(NC(=O)c2nn(C)cc2Br)c(OC(F)F)c1. The van der Waals surface area contributed by atoms with Crippen LogP contribution in [0.15, 0.2) is 28.9 Å². The van der Waals surface area contributed by atoms with E-state index < -0.39 is 12.5 Å². The minimum absolute atomic E-state index is 0.0922. The topological polar surface area (TPSA) is 56.2 Å². The van der Waals surface area contributed by atoms with Crippen LogP contribution < -0.4 is 10.1 Å². The Morgan fingerprint density at radius 2 is 2.19 bits per heavy atom. The first-order valence-corrected chi connectivity index (χ1v) is 6.72. The van der Waals surface area contributed by atoms with Crippen LogP contribution in [0.4, 0.5) is 14.5 Å². The molecule has 8 heteroatoms. The predicted molar refractivity (Wildman–Crippen MR) is 76.7 cm³/mol. The molecule has 21 heavy (non-hydrogen) atoms. The molecule has 0 unspecified atom stereocenters. The maximum atomic E-state index is 12.4. The fraction of sp³-hybridized carbons (Fsp3) is 0.231. The number of nitrogens with zero attached hydrogens (tertiary/aromatic N) is 2. The summed E-state index contributed by atoms with van der Waals surface area (Å²) in [5.41, 5.74) is 1.05. The molecule has 1 aromatic heterocycles. The second kappa shape index (κ2) is 6.21. The number of aromatic nitrogens is 2. The third kappa shape index (κ3) is 3.78. The van der Waals surface area contributed by atoms with Gasteiger partial charge in [0.05, 0.1) is 10.2 Å². The molecule has 0 atom stereocenters. The van der Waals surface area contributed by atoms with Crippen LogP contribution in [0, 0.1) is 6.92 Å². The zero-order valence-electron chi connectivity index (χ0n) is 11.2. The average Bonchev–Trinajstić information content (AvgIpc) is 2.71. The van der Waals surface area contributed by atoms with E-state index in [-0.39, 0.29) is 17.1 Å². The summed E-state index contributed by atoms with van der Waals surface area (Å²) in [6.07, 6.45) is 1.61. The highest BCUT2D eigenvalue weighted by Gasteiger charge is 2.17. The quantitative estimate of drug-likeness (QED) is 0.910. The number of hydrogen-bond acceptors (Lipinski definition) is 3. The molecule has 0 spiro atoms. The molecule has 0 aliphatic rings. The maximum Gasteiger partial charge on any atom is 0.387 e. The molecule has 1 amide bonds. The summed E-state index contributed by atoms with van der Waals surface area (Å²) < 4.78 is 31.2. The van der Waals surface area contributed by atoms with Gasteiger partial charge in [-0.2, -0.15) is 13.9 Å². The van der Waals surface area contributed by atoms with E-state index in [1.165, 1.54) is 16.8 Å². The van der Waals surface area contributed by atoms with Crippen molar-refractivity contribution in [2.45, 2.75) is 13.5 Å². The molecule has 0 radical (unpaired) electrons. The van der Waals surface area contributed by atoms with E-state index in [1.807, 2.05) is 0 Å². The number of benzene rings is 1. The summed E-state index contributed by atoms with van der Waals surface area (Å²) in [6, 6.07) is 4.61. The Morgan fingerprint density at radius 3 is 2.76 bits per heavy atom. The number of rotatable bonds is 4. The molecule has 0 bridgehead atoms. The predicted octanol–water partition coefficient (Wildman–Crippen LogP) is 3.34. The van der Waals surface area contributed by atoms with Gasteiger partial charge in [-0.3, -0.25) is 9.48 Å². The molecule has 0 saturated heterocycles. The number of aryl methyl sites for hydroxylation is 2. The van der Waals surface area contributed by atoms with Gasteiger partial charge in [0.15, 0.2) is 5.69 Å². The monoisotopic (exact) mass is 359 g/mol. The molecule has 1 aromatic carbocycles. The Kier molecular flexibility index (Phi) is 4.56. The van der Waals surface area contributed by atoms with Gasteiger partial charge >= 0.3 is 6.61 Å². The van der Waals surface area contributed by atoms with E-state index in [1.54, 1.807) is 26.2 Å². The van der Waals surface area contributed by atoms with Crippen LogP contribution in [-0.4, -0.2) is 22.3 Å². The maximum absolute atomic E-state index is 12.4. The zero-order valence-corrected chi connectivity index (χ0v) is 12.8. The van der Waals surface area contributed by atoms with Crippen molar-refractivity contribution in [3.8, 4) is 5.75 Å². The molecule has 0 saturated carbocycles. The van der Waals surface area contributed by atoms with Crippen LogP contribution in [0.5, 0.6) is 5.75 Å². The van der Waals surface area contributed by atoms with Crippen LogP contribution in [0.25, 0.3) is 0 Å². The minimum atomic E-state index is -2.97. The number of anilines is 1. The summed E-state index contributed by atoms with van der Waals surface area (Å²) in [4.78, 5) is 12.1. The lowest BCUT2D eigenvalue weighted by Gasteiger charge is -2.12. The van der Waals surface area contributed by atoms with E-state index in [2.05, 4.69) is 31.1 Å². The van der Waals surface area contributed by atoms with Crippen molar-refractivity contribution in [2.75, 3.05) is 5.32 Å². The van der Waals surface area contributed by atoms with Gasteiger partial charge < -0.3 is 10.1 Å². The van der Waals surface area contributed by atoms with Gasteiger partial charge in [0, 0.05) is 13.2 Å². The average molecular weight is 360 g/mol. The van der Waals surface area contributed by atoms with Gasteiger partial charge in [0.2, 0.25) is 0 Å². The molecule has 0 fully saturated rings. The lowest BCUT2D eigenvalue weighted by Crippen LogP contribution is -2.15. The first-order valence-electron chi connectivity index (χ1n) is 5.93. The first kappa shape index (κ1) is 15.4. The number of ether oxygens (including phenoxy) is 1. The highest BCUT2D eigenvalue weighted by atomic mass is 79.9. The number of alkyl halides is 2. The smallest absolute Gasteiger partial charge is 0.387 e. The normalized spacial score (nSPS) is 10.8. The Labute approximate surface area is 128 Å². The van der Waals surface area contributed by atoms with Crippen LogP contribution in [0.3, 0.4) is 0 Å². The fourth-order valence-corrected chi connectivity index (χ4v) is 2.28. The molecule has 5 nitrogen and oxygen atoms in total. The molecule has 0 aliphatic carbocycles. The summed E-state index contributed by atoms with van der Waals surface area (Å²) >= 11 is 3.21. The van der Waals surface area contributed by atoms with Gasteiger partial charge in [-0.15, -0.1) is 0 Å².